The molecule has 0 fully saturated rings. The highest BCUT2D eigenvalue weighted by Gasteiger charge is 2.25. The van der Waals surface area contributed by atoms with Crippen LogP contribution in [0.2, 0.25) is 0 Å². The summed E-state index contributed by atoms with van der Waals surface area (Å²) in [7, 11) is 0. The standard InChI is InChI=1S/C43H30N5PS/c50-49(36-17-3-1-4-18-36,37-19-5-2-6-20-37)38-25-23-31(24-26-38)41-46-42(34-15-11-13-32(29-34)39-21-7-9-27-44-39)48-43(47-41)35-16-12-14-33(30-35)40-22-8-10-28-45-40/h1-30H. The first-order valence-corrected chi connectivity index (χ1v) is 19.1. The lowest BCUT2D eigenvalue weighted by atomic mass is 10.1. The molecule has 238 valence electrons. The molecule has 0 radical (unpaired) electrons. The van der Waals surface area contributed by atoms with Gasteiger partial charge in [-0.15, -0.1) is 0 Å². The molecule has 0 atom stereocenters. The summed E-state index contributed by atoms with van der Waals surface area (Å²) >= 11 is 6.60. The van der Waals surface area contributed by atoms with E-state index in [1.807, 2.05) is 84.9 Å². The van der Waals surface area contributed by atoms with Crippen LogP contribution in [0.15, 0.2) is 182 Å². The summed E-state index contributed by atoms with van der Waals surface area (Å²) < 4.78 is 0. The lowest BCUT2D eigenvalue weighted by molar-refractivity contribution is 1.07. The predicted molar refractivity (Wildman–Crippen MR) is 209 cm³/mol. The van der Waals surface area contributed by atoms with Gasteiger partial charge in [0.15, 0.2) is 17.5 Å². The van der Waals surface area contributed by atoms with Gasteiger partial charge in [-0.2, -0.15) is 0 Å². The van der Waals surface area contributed by atoms with Gasteiger partial charge in [0.25, 0.3) is 0 Å². The summed E-state index contributed by atoms with van der Waals surface area (Å²) in [6, 6.07) is 55.2. The van der Waals surface area contributed by atoms with Gasteiger partial charge in [0.1, 0.15) is 0 Å². The maximum atomic E-state index is 6.60. The largest absolute Gasteiger partial charge is 0.256 e. The molecule has 50 heavy (non-hydrogen) atoms. The Morgan fingerprint density at radius 2 is 0.740 bits per heavy atom. The topological polar surface area (TPSA) is 64.5 Å². The summed E-state index contributed by atoms with van der Waals surface area (Å²) in [5, 5.41) is 3.41. The number of rotatable bonds is 8. The van der Waals surface area contributed by atoms with E-state index >= 15 is 0 Å². The van der Waals surface area contributed by atoms with Crippen LogP contribution >= 0.6 is 6.04 Å². The first kappa shape index (κ1) is 31.3. The summed E-state index contributed by atoms with van der Waals surface area (Å²) in [6.07, 6.45) is 3.60. The Hall–Kier alpha value is -5.94. The SMILES string of the molecule is S=P(c1ccccc1)(c1ccccc1)c1ccc(-c2nc(-c3cccc(-c4ccccn4)c3)nc(-c3cccc(-c4ccccn4)c3)n2)cc1. The fourth-order valence-electron chi connectivity index (χ4n) is 6.01. The molecular weight excluding hydrogens is 650 g/mol. The molecule has 7 heteroatoms. The minimum Gasteiger partial charge on any atom is -0.256 e. The molecule has 0 aliphatic rings. The minimum absolute atomic E-state index is 0.578. The first-order chi connectivity index (χ1) is 24.6. The molecule has 3 aromatic heterocycles. The van der Waals surface area contributed by atoms with Crippen LogP contribution in [0, 0.1) is 0 Å². The second-order valence-electron chi connectivity index (χ2n) is 11.7. The van der Waals surface area contributed by atoms with Crippen LogP contribution in [0.25, 0.3) is 56.7 Å². The molecule has 0 aliphatic heterocycles. The van der Waals surface area contributed by atoms with E-state index in [1.165, 1.54) is 0 Å². The van der Waals surface area contributed by atoms with E-state index in [1.54, 1.807) is 12.4 Å². The van der Waals surface area contributed by atoms with Crippen molar-refractivity contribution in [1.29, 1.82) is 0 Å². The monoisotopic (exact) mass is 679 g/mol. The van der Waals surface area contributed by atoms with E-state index in [0.29, 0.717) is 17.5 Å². The smallest absolute Gasteiger partial charge is 0.164 e. The molecule has 8 rings (SSSR count). The summed E-state index contributed by atoms with van der Waals surface area (Å²) in [5.74, 6) is 1.73. The van der Waals surface area contributed by atoms with E-state index in [0.717, 1.165) is 55.1 Å². The van der Waals surface area contributed by atoms with Crippen molar-refractivity contribution in [1.82, 2.24) is 24.9 Å². The summed E-state index contributed by atoms with van der Waals surface area (Å²) in [6.45, 7) is 0. The second kappa shape index (κ2) is 13.9. The van der Waals surface area contributed by atoms with E-state index in [9.17, 15) is 0 Å². The van der Waals surface area contributed by atoms with E-state index in [4.69, 9.17) is 26.8 Å². The summed E-state index contributed by atoms with van der Waals surface area (Å²) in [5.41, 5.74) is 6.37. The molecule has 0 unspecified atom stereocenters. The normalized spacial score (nSPS) is 11.3. The van der Waals surface area contributed by atoms with Gasteiger partial charge in [-0.25, -0.2) is 15.0 Å². The van der Waals surface area contributed by atoms with Crippen LogP contribution in [0.5, 0.6) is 0 Å². The predicted octanol–water partition coefficient (Wildman–Crippen LogP) is 8.75. The van der Waals surface area contributed by atoms with Crippen molar-refractivity contribution in [2.45, 2.75) is 0 Å². The highest BCUT2D eigenvalue weighted by molar-refractivity contribution is 8.25. The quantitative estimate of drug-likeness (QED) is 0.150. The number of nitrogens with zero attached hydrogens (tertiary/aromatic N) is 5. The molecule has 0 bridgehead atoms. The fourth-order valence-corrected chi connectivity index (χ4v) is 9.75. The lowest BCUT2D eigenvalue weighted by Crippen LogP contribution is -2.24. The third-order valence-corrected chi connectivity index (χ3v) is 13.5. The van der Waals surface area contributed by atoms with Gasteiger partial charge in [-0.05, 0) is 52.3 Å². The molecule has 0 amide bonds. The van der Waals surface area contributed by atoms with Crippen LogP contribution in [-0.4, -0.2) is 24.9 Å². The number of hydrogen-bond donors (Lipinski definition) is 0. The zero-order valence-corrected chi connectivity index (χ0v) is 28.6. The molecule has 3 heterocycles. The van der Waals surface area contributed by atoms with Crippen LogP contribution in [-0.2, 0) is 11.8 Å². The Kier molecular flexibility index (Phi) is 8.70. The molecule has 0 saturated carbocycles. The maximum Gasteiger partial charge on any atom is 0.164 e. The molecule has 8 aromatic rings. The van der Waals surface area contributed by atoms with Crippen molar-refractivity contribution in [2.24, 2.45) is 0 Å². The Morgan fingerprint density at radius 3 is 1.18 bits per heavy atom. The van der Waals surface area contributed by atoms with E-state index in [2.05, 4.69) is 94.9 Å². The lowest BCUT2D eigenvalue weighted by Gasteiger charge is -2.24. The van der Waals surface area contributed by atoms with E-state index < -0.39 is 6.04 Å². The molecule has 5 aromatic carbocycles. The molecular formula is C43H30N5PS. The van der Waals surface area contributed by atoms with Gasteiger partial charge in [0, 0.05) is 46.2 Å². The zero-order chi connectivity index (χ0) is 33.8. The molecule has 0 aliphatic carbocycles. The zero-order valence-electron chi connectivity index (χ0n) is 26.9. The minimum atomic E-state index is -2.30. The van der Waals surface area contributed by atoms with Crippen molar-refractivity contribution in [3.05, 3.63) is 182 Å². The van der Waals surface area contributed by atoms with Gasteiger partial charge in [-0.3, -0.25) is 9.97 Å². The fraction of sp³-hybridized carbons (Fsp3) is 0. The average molecular weight is 680 g/mol. The van der Waals surface area contributed by atoms with Gasteiger partial charge >= 0.3 is 0 Å². The second-order valence-corrected chi connectivity index (χ2v) is 16.1. The van der Waals surface area contributed by atoms with Gasteiger partial charge in [0.05, 0.1) is 11.4 Å². The Balaban J connectivity index is 1.25. The van der Waals surface area contributed by atoms with Crippen molar-refractivity contribution < 1.29 is 0 Å². The number of pyridine rings is 2. The van der Waals surface area contributed by atoms with Crippen LogP contribution in [0.3, 0.4) is 0 Å². The Morgan fingerprint density at radius 1 is 0.340 bits per heavy atom. The third kappa shape index (κ3) is 6.30. The van der Waals surface area contributed by atoms with Crippen molar-refractivity contribution in [2.75, 3.05) is 0 Å². The maximum absolute atomic E-state index is 6.60. The number of aromatic nitrogens is 5. The Labute approximate surface area is 296 Å². The van der Waals surface area contributed by atoms with Crippen molar-refractivity contribution >= 4 is 33.8 Å². The summed E-state index contributed by atoms with van der Waals surface area (Å²) in [4.78, 5) is 24.3. The number of benzene rings is 5. The molecule has 0 N–H and O–H groups in total. The molecule has 5 nitrogen and oxygen atoms in total. The van der Waals surface area contributed by atoms with Crippen LogP contribution < -0.4 is 15.9 Å². The van der Waals surface area contributed by atoms with Gasteiger partial charge < -0.3 is 0 Å². The van der Waals surface area contributed by atoms with Gasteiger partial charge in [0.2, 0.25) is 0 Å². The Bertz CT molecular complexity index is 2300. The number of hydrogen-bond acceptors (Lipinski definition) is 6. The average Bonchev–Trinajstić information content (AvgIpc) is 3.22. The first-order valence-electron chi connectivity index (χ1n) is 16.3. The third-order valence-electron chi connectivity index (χ3n) is 8.53. The molecule has 0 saturated heterocycles. The van der Waals surface area contributed by atoms with Crippen molar-refractivity contribution in [3.63, 3.8) is 0 Å². The van der Waals surface area contributed by atoms with Crippen LogP contribution in [0.1, 0.15) is 0 Å². The molecule has 0 spiro atoms. The highest BCUT2D eigenvalue weighted by atomic mass is 32.4. The van der Waals surface area contributed by atoms with Crippen LogP contribution in [0.4, 0.5) is 0 Å². The van der Waals surface area contributed by atoms with Crippen molar-refractivity contribution in [3.8, 4) is 56.7 Å². The van der Waals surface area contributed by atoms with Gasteiger partial charge in [-0.1, -0.05) is 145 Å². The van der Waals surface area contributed by atoms with E-state index in [-0.39, 0.29) is 0 Å². The highest BCUT2D eigenvalue weighted by Crippen LogP contribution is 2.43.